The van der Waals surface area contributed by atoms with Gasteiger partial charge < -0.3 is 10.2 Å². The normalized spacial score (nSPS) is 15.4. The number of fused-ring (bicyclic) bond motifs is 1. The molecular weight excluding hydrogens is 389 g/mol. The summed E-state index contributed by atoms with van der Waals surface area (Å²) in [4.78, 5) is 19.1. The van der Waals surface area contributed by atoms with Crippen LogP contribution in [0.4, 0.5) is 10.5 Å². The number of urea groups is 1. The molecule has 0 saturated carbocycles. The Morgan fingerprint density at radius 2 is 1.88 bits per heavy atom. The Kier molecular flexibility index (Phi) is 5.02. The third kappa shape index (κ3) is 3.65. The zero-order valence-electron chi connectivity index (χ0n) is 13.9. The molecule has 0 unspecified atom stereocenters. The second kappa shape index (κ2) is 7.43. The van der Waals surface area contributed by atoms with Gasteiger partial charge in [-0.2, -0.15) is 0 Å². The number of piperidine rings is 1. The molecule has 0 spiro atoms. The van der Waals surface area contributed by atoms with Crippen LogP contribution in [0.5, 0.6) is 0 Å². The zero-order valence-corrected chi connectivity index (χ0v) is 16.2. The van der Waals surface area contributed by atoms with E-state index in [9.17, 15) is 4.79 Å². The van der Waals surface area contributed by atoms with Crippen molar-refractivity contribution in [1.82, 2.24) is 9.88 Å². The molecule has 2 heterocycles. The Balaban J connectivity index is 1.38. The van der Waals surface area contributed by atoms with E-state index < -0.39 is 0 Å². The van der Waals surface area contributed by atoms with Gasteiger partial charge in [-0.1, -0.05) is 35.3 Å². The standard InChI is InChI=1S/C19H17Cl2N3OS/c20-14-6-5-13(11-15(14)21)22-19(25)24-9-7-12(8-10-24)18-23-16-3-1-2-4-17(16)26-18/h1-6,11-12H,7-10H2,(H,22,25). The first-order chi connectivity index (χ1) is 12.6. The molecule has 1 saturated heterocycles. The smallest absolute Gasteiger partial charge is 0.321 e. The third-order valence-electron chi connectivity index (χ3n) is 4.61. The molecule has 4 nitrogen and oxygen atoms in total. The quantitative estimate of drug-likeness (QED) is 0.566. The van der Waals surface area contributed by atoms with Gasteiger partial charge in [-0.15, -0.1) is 11.3 Å². The average Bonchev–Trinajstić information content (AvgIpc) is 3.09. The fourth-order valence-electron chi connectivity index (χ4n) is 3.17. The SMILES string of the molecule is O=C(Nc1ccc(Cl)c(Cl)c1)N1CCC(c2nc3ccccc3s2)CC1. The Hall–Kier alpha value is -1.82. The number of carbonyl (C=O) groups excluding carboxylic acids is 1. The maximum atomic E-state index is 12.5. The fraction of sp³-hybridized carbons (Fsp3) is 0.263. The molecule has 2 amide bonds. The largest absolute Gasteiger partial charge is 0.324 e. The summed E-state index contributed by atoms with van der Waals surface area (Å²) in [5.74, 6) is 0.418. The summed E-state index contributed by atoms with van der Waals surface area (Å²) in [6, 6.07) is 13.2. The van der Waals surface area contributed by atoms with E-state index in [0.29, 0.717) is 34.7 Å². The van der Waals surface area contributed by atoms with E-state index in [2.05, 4.69) is 17.4 Å². The van der Waals surface area contributed by atoms with Crippen LogP contribution in [0.15, 0.2) is 42.5 Å². The van der Waals surface area contributed by atoms with Crippen LogP contribution in [-0.4, -0.2) is 29.0 Å². The van der Waals surface area contributed by atoms with Gasteiger partial charge in [0.05, 0.1) is 25.3 Å². The van der Waals surface area contributed by atoms with Crippen molar-refractivity contribution in [2.24, 2.45) is 0 Å². The van der Waals surface area contributed by atoms with Gasteiger partial charge in [0, 0.05) is 24.7 Å². The first kappa shape index (κ1) is 17.6. The number of para-hydroxylation sites is 1. The van der Waals surface area contributed by atoms with E-state index in [-0.39, 0.29) is 6.03 Å². The number of nitrogens with zero attached hydrogens (tertiary/aromatic N) is 2. The van der Waals surface area contributed by atoms with Gasteiger partial charge in [-0.05, 0) is 43.2 Å². The van der Waals surface area contributed by atoms with Gasteiger partial charge in [-0.25, -0.2) is 9.78 Å². The molecule has 1 N–H and O–H groups in total. The molecule has 0 radical (unpaired) electrons. The van der Waals surface area contributed by atoms with Crippen molar-refractivity contribution < 1.29 is 4.79 Å². The number of carbonyl (C=O) groups is 1. The summed E-state index contributed by atoms with van der Waals surface area (Å²) >= 11 is 13.7. The lowest BCUT2D eigenvalue weighted by Gasteiger charge is -2.31. The maximum absolute atomic E-state index is 12.5. The highest BCUT2D eigenvalue weighted by atomic mass is 35.5. The van der Waals surface area contributed by atoms with Crippen LogP contribution >= 0.6 is 34.5 Å². The highest BCUT2D eigenvalue weighted by molar-refractivity contribution is 7.18. The van der Waals surface area contributed by atoms with E-state index in [4.69, 9.17) is 28.2 Å². The first-order valence-electron chi connectivity index (χ1n) is 8.46. The van der Waals surface area contributed by atoms with Crippen LogP contribution in [0.1, 0.15) is 23.8 Å². The summed E-state index contributed by atoms with van der Waals surface area (Å²) < 4.78 is 1.22. The van der Waals surface area contributed by atoms with Gasteiger partial charge in [0.2, 0.25) is 0 Å². The number of hydrogen-bond donors (Lipinski definition) is 1. The van der Waals surface area contributed by atoms with Crippen LogP contribution in [0.3, 0.4) is 0 Å². The molecular formula is C19H17Cl2N3OS. The van der Waals surface area contributed by atoms with E-state index in [1.165, 1.54) is 9.71 Å². The van der Waals surface area contributed by atoms with Crippen molar-refractivity contribution in [2.75, 3.05) is 18.4 Å². The lowest BCUT2D eigenvalue weighted by Crippen LogP contribution is -2.40. The molecule has 1 aliphatic heterocycles. The summed E-state index contributed by atoms with van der Waals surface area (Å²) in [5, 5.41) is 4.97. The van der Waals surface area contributed by atoms with Crippen LogP contribution in [-0.2, 0) is 0 Å². The number of halogens is 2. The number of hydrogen-bond acceptors (Lipinski definition) is 3. The number of amides is 2. The number of nitrogens with one attached hydrogen (secondary N) is 1. The average molecular weight is 406 g/mol. The molecule has 0 atom stereocenters. The van der Waals surface area contributed by atoms with Crippen LogP contribution in [0, 0.1) is 0 Å². The number of rotatable bonds is 2. The Morgan fingerprint density at radius 3 is 2.62 bits per heavy atom. The number of anilines is 1. The minimum atomic E-state index is -0.105. The summed E-state index contributed by atoms with van der Waals surface area (Å²) in [6.45, 7) is 1.43. The number of thiazole rings is 1. The highest BCUT2D eigenvalue weighted by Crippen LogP contribution is 2.34. The van der Waals surface area contributed by atoms with Gasteiger partial charge >= 0.3 is 6.03 Å². The highest BCUT2D eigenvalue weighted by Gasteiger charge is 2.26. The summed E-state index contributed by atoms with van der Waals surface area (Å²) in [6.07, 6.45) is 1.85. The lowest BCUT2D eigenvalue weighted by atomic mass is 9.98. The molecule has 26 heavy (non-hydrogen) atoms. The van der Waals surface area contributed by atoms with Gasteiger partial charge in [-0.3, -0.25) is 0 Å². The first-order valence-corrected chi connectivity index (χ1v) is 10.0. The van der Waals surface area contributed by atoms with E-state index in [0.717, 1.165) is 18.4 Å². The monoisotopic (exact) mass is 405 g/mol. The summed E-state index contributed by atoms with van der Waals surface area (Å²) in [5.41, 5.74) is 1.71. The number of aromatic nitrogens is 1. The van der Waals surface area contributed by atoms with Crippen molar-refractivity contribution in [2.45, 2.75) is 18.8 Å². The molecule has 4 rings (SSSR count). The molecule has 0 aliphatic carbocycles. The topological polar surface area (TPSA) is 45.2 Å². The van der Waals surface area contributed by atoms with Crippen molar-refractivity contribution in [1.29, 1.82) is 0 Å². The predicted molar refractivity (Wildman–Crippen MR) is 109 cm³/mol. The van der Waals surface area contributed by atoms with Crippen molar-refractivity contribution in [3.8, 4) is 0 Å². The minimum Gasteiger partial charge on any atom is -0.324 e. The van der Waals surface area contributed by atoms with Gasteiger partial charge in [0.1, 0.15) is 0 Å². The van der Waals surface area contributed by atoms with Crippen molar-refractivity contribution in [3.63, 3.8) is 0 Å². The maximum Gasteiger partial charge on any atom is 0.321 e. The van der Waals surface area contributed by atoms with E-state index in [1.807, 2.05) is 17.0 Å². The lowest BCUT2D eigenvalue weighted by molar-refractivity contribution is 0.194. The number of likely N-dealkylation sites (tertiary alicyclic amines) is 1. The summed E-state index contributed by atoms with van der Waals surface area (Å²) in [7, 11) is 0. The van der Waals surface area contributed by atoms with Crippen LogP contribution in [0.25, 0.3) is 10.2 Å². The number of benzene rings is 2. The fourth-order valence-corrected chi connectivity index (χ4v) is 4.61. The third-order valence-corrected chi connectivity index (χ3v) is 6.55. The van der Waals surface area contributed by atoms with Crippen LogP contribution < -0.4 is 5.32 Å². The molecule has 1 fully saturated rings. The molecule has 2 aromatic carbocycles. The molecule has 7 heteroatoms. The van der Waals surface area contributed by atoms with Crippen molar-refractivity contribution in [3.05, 3.63) is 57.5 Å². The Morgan fingerprint density at radius 1 is 1.12 bits per heavy atom. The second-order valence-corrected chi connectivity index (χ2v) is 8.22. The van der Waals surface area contributed by atoms with E-state index >= 15 is 0 Å². The zero-order chi connectivity index (χ0) is 18.1. The van der Waals surface area contributed by atoms with Gasteiger partial charge in [0.15, 0.2) is 0 Å². The predicted octanol–water partition coefficient (Wildman–Crippen LogP) is 6.01. The molecule has 1 aromatic heterocycles. The molecule has 134 valence electrons. The molecule has 3 aromatic rings. The van der Waals surface area contributed by atoms with Crippen LogP contribution in [0.2, 0.25) is 10.0 Å². The molecule has 1 aliphatic rings. The van der Waals surface area contributed by atoms with Gasteiger partial charge in [0.25, 0.3) is 0 Å². The van der Waals surface area contributed by atoms with Crippen molar-refractivity contribution >= 4 is 56.5 Å². The second-order valence-electron chi connectivity index (χ2n) is 6.34. The Labute approximate surface area is 165 Å². The van der Waals surface area contributed by atoms with E-state index in [1.54, 1.807) is 29.5 Å². The minimum absolute atomic E-state index is 0.105. The Bertz CT molecular complexity index is 918. The molecule has 0 bridgehead atoms.